The lowest BCUT2D eigenvalue weighted by Crippen LogP contribution is -2.39. The standard InChI is InChI=1S/C82H160N2O6S2/c1-5-9-13-17-21-25-29-33-37-41-45-49-53-57-63-77(85)73-83(74-78(86)64-58-54-50-46-42-38-34-30-26-22-18-14-10-6-2)69-71-91-81(89)67-61-62-68-82(90)92-72-70-84(75-79(87)65-59-55-51-47-43-39-35-31-27-23-19-15-11-7-3)76-80(88)66-60-56-52-48-44-40-36-32-28-24-20-16-12-8-4/h61-62,67-68,77-80,85-88H,5-60,63-66,69-76H2,1-4H3/b67-61+,68-62+. The van der Waals surface area contributed by atoms with Gasteiger partial charge in [0.05, 0.1) is 24.4 Å². The smallest absolute Gasteiger partial charge is 0.212 e. The lowest BCUT2D eigenvalue weighted by Gasteiger charge is -2.27. The molecule has 0 aliphatic carbocycles. The predicted molar refractivity (Wildman–Crippen MR) is 410 cm³/mol. The number of allylic oxidation sites excluding steroid dienone is 2. The van der Waals surface area contributed by atoms with Crippen LogP contribution in [0.5, 0.6) is 0 Å². The van der Waals surface area contributed by atoms with Crippen molar-refractivity contribution in [2.75, 3.05) is 50.8 Å². The number of unbranched alkanes of at least 4 members (excludes halogenated alkanes) is 52. The van der Waals surface area contributed by atoms with E-state index in [1.165, 1.54) is 344 Å². The van der Waals surface area contributed by atoms with Gasteiger partial charge in [-0.25, -0.2) is 0 Å². The summed E-state index contributed by atoms with van der Waals surface area (Å²) in [5.41, 5.74) is 0. The van der Waals surface area contributed by atoms with Gasteiger partial charge in [-0.05, 0) is 37.8 Å². The van der Waals surface area contributed by atoms with E-state index in [1.54, 1.807) is 12.2 Å². The Balaban J connectivity index is 5.08. The van der Waals surface area contributed by atoms with Gasteiger partial charge in [0.2, 0.25) is 10.2 Å². The maximum atomic E-state index is 13.0. The third-order valence-electron chi connectivity index (χ3n) is 19.3. The van der Waals surface area contributed by atoms with E-state index < -0.39 is 24.4 Å². The number of hydrogen-bond acceptors (Lipinski definition) is 10. The molecule has 0 aromatic heterocycles. The Labute approximate surface area is 582 Å². The molecule has 0 aliphatic heterocycles. The van der Waals surface area contributed by atoms with Gasteiger partial charge in [0.15, 0.2) is 0 Å². The first kappa shape index (κ1) is 91.3. The van der Waals surface area contributed by atoms with Gasteiger partial charge in [-0.3, -0.25) is 19.4 Å². The van der Waals surface area contributed by atoms with Gasteiger partial charge in [-0.2, -0.15) is 0 Å². The zero-order valence-corrected chi connectivity index (χ0v) is 63.7. The monoisotopic (exact) mass is 1330 g/mol. The number of rotatable bonds is 77. The second-order valence-corrected chi connectivity index (χ2v) is 30.9. The molecular weight excluding hydrogens is 1170 g/mol. The average molecular weight is 1330 g/mol. The number of aliphatic hydroxyl groups excluding tert-OH is 4. The van der Waals surface area contributed by atoms with E-state index in [0.717, 1.165) is 77.0 Å². The maximum Gasteiger partial charge on any atom is 0.212 e. The number of carbonyl (C=O) groups is 2. The molecule has 0 rings (SSSR count). The van der Waals surface area contributed by atoms with E-state index in [9.17, 15) is 30.0 Å². The second kappa shape index (κ2) is 76.0. The molecule has 0 aromatic rings. The summed E-state index contributed by atoms with van der Waals surface area (Å²) >= 11 is 2.50. The molecule has 0 spiro atoms. The molecule has 4 unspecified atom stereocenters. The highest BCUT2D eigenvalue weighted by atomic mass is 32.2. The Morgan fingerprint density at radius 2 is 0.413 bits per heavy atom. The lowest BCUT2D eigenvalue weighted by molar-refractivity contribution is -0.107. The largest absolute Gasteiger partial charge is 0.392 e. The van der Waals surface area contributed by atoms with Gasteiger partial charge in [0.1, 0.15) is 0 Å². The number of carbonyl (C=O) groups excluding carboxylic acids is 2. The van der Waals surface area contributed by atoms with Crippen LogP contribution in [0, 0.1) is 0 Å². The van der Waals surface area contributed by atoms with Crippen molar-refractivity contribution in [1.82, 2.24) is 9.80 Å². The molecule has 546 valence electrons. The summed E-state index contributed by atoms with van der Waals surface area (Å²) in [6.07, 6.45) is 81.2. The molecule has 0 aromatic carbocycles. The van der Waals surface area contributed by atoms with Crippen LogP contribution in [-0.2, 0) is 9.59 Å². The van der Waals surface area contributed by atoms with Gasteiger partial charge in [-0.15, -0.1) is 0 Å². The molecule has 0 aliphatic rings. The van der Waals surface area contributed by atoms with Gasteiger partial charge < -0.3 is 20.4 Å². The zero-order chi connectivity index (χ0) is 66.9. The van der Waals surface area contributed by atoms with Crippen LogP contribution < -0.4 is 0 Å². The van der Waals surface area contributed by atoms with Crippen molar-refractivity contribution in [2.45, 2.75) is 437 Å². The Bertz CT molecular complexity index is 1350. The van der Waals surface area contributed by atoms with Crippen molar-refractivity contribution < 1.29 is 30.0 Å². The number of hydrogen-bond donors (Lipinski definition) is 4. The van der Waals surface area contributed by atoms with Crippen molar-refractivity contribution >= 4 is 33.8 Å². The van der Waals surface area contributed by atoms with Crippen molar-refractivity contribution in [3.63, 3.8) is 0 Å². The molecule has 8 nitrogen and oxygen atoms in total. The number of aliphatic hydroxyl groups is 4. The third kappa shape index (κ3) is 72.0. The molecule has 0 saturated heterocycles. The van der Waals surface area contributed by atoms with E-state index in [2.05, 4.69) is 37.5 Å². The fourth-order valence-corrected chi connectivity index (χ4v) is 14.7. The molecule has 4 N–H and O–H groups in total. The molecule has 10 heteroatoms. The van der Waals surface area contributed by atoms with Crippen LogP contribution in [-0.4, -0.2) is 116 Å². The molecule has 4 atom stereocenters. The summed E-state index contributed by atoms with van der Waals surface area (Å²) in [4.78, 5) is 30.4. The van der Waals surface area contributed by atoms with Crippen LogP contribution in [0.3, 0.4) is 0 Å². The lowest BCUT2D eigenvalue weighted by atomic mass is 10.0. The fourth-order valence-electron chi connectivity index (χ4n) is 13.3. The predicted octanol–water partition coefficient (Wildman–Crippen LogP) is 24.2. The first-order valence-corrected chi connectivity index (χ1v) is 43.0. The first-order chi connectivity index (χ1) is 45.1. The van der Waals surface area contributed by atoms with Crippen molar-refractivity contribution in [1.29, 1.82) is 0 Å². The van der Waals surface area contributed by atoms with E-state index in [-0.39, 0.29) is 10.2 Å². The minimum atomic E-state index is -0.449. The molecule has 0 bridgehead atoms. The van der Waals surface area contributed by atoms with Crippen LogP contribution in [0.1, 0.15) is 413 Å². The Hall–Kier alpha value is -0.720. The molecule has 0 fully saturated rings. The summed E-state index contributed by atoms with van der Waals surface area (Å²) in [5.74, 6) is 1.13. The second-order valence-electron chi connectivity index (χ2n) is 28.7. The van der Waals surface area contributed by atoms with Crippen LogP contribution >= 0.6 is 23.5 Å². The molecule has 0 heterocycles. The topological polar surface area (TPSA) is 122 Å². The highest BCUT2D eigenvalue weighted by molar-refractivity contribution is 8.14. The first-order valence-electron chi connectivity index (χ1n) is 41.0. The van der Waals surface area contributed by atoms with E-state index in [0.29, 0.717) is 50.8 Å². The minimum Gasteiger partial charge on any atom is -0.392 e. The molecule has 0 radical (unpaired) electrons. The van der Waals surface area contributed by atoms with Crippen LogP contribution in [0.4, 0.5) is 0 Å². The Morgan fingerprint density at radius 1 is 0.261 bits per heavy atom. The van der Waals surface area contributed by atoms with Gasteiger partial charge in [0.25, 0.3) is 0 Å². The van der Waals surface area contributed by atoms with Crippen molar-refractivity contribution in [3.8, 4) is 0 Å². The van der Waals surface area contributed by atoms with Crippen LogP contribution in [0.25, 0.3) is 0 Å². The number of nitrogens with zero attached hydrogens (tertiary/aromatic N) is 2. The van der Waals surface area contributed by atoms with Crippen molar-refractivity contribution in [3.05, 3.63) is 24.3 Å². The molecule has 0 saturated carbocycles. The van der Waals surface area contributed by atoms with Crippen LogP contribution in [0.2, 0.25) is 0 Å². The highest BCUT2D eigenvalue weighted by Crippen LogP contribution is 2.21. The van der Waals surface area contributed by atoms with Gasteiger partial charge >= 0.3 is 0 Å². The minimum absolute atomic E-state index is 0.0726. The van der Waals surface area contributed by atoms with Gasteiger partial charge in [0, 0.05) is 50.8 Å². The Kier molecular flexibility index (Phi) is 75.4. The summed E-state index contributed by atoms with van der Waals surface area (Å²) < 4.78 is 0. The molecule has 92 heavy (non-hydrogen) atoms. The maximum absolute atomic E-state index is 13.0. The summed E-state index contributed by atoms with van der Waals surface area (Å²) in [6, 6.07) is 0. The highest BCUT2D eigenvalue weighted by Gasteiger charge is 2.19. The average Bonchev–Trinajstić information content (AvgIpc) is 3.74. The summed E-state index contributed by atoms with van der Waals surface area (Å²) in [5, 5.41) is 44.6. The SMILES string of the molecule is CCCCCCCCCCCCCCCCC(O)CN(CCSC(=O)/C=C/C=C/C(=O)SCCN(CC(O)CCCCCCCCCCCCCCCC)CC(O)CCCCCCCCCCCCCCCC)CC(O)CCCCCCCCCCCCCCCC. The van der Waals surface area contributed by atoms with E-state index >= 15 is 0 Å². The third-order valence-corrected chi connectivity index (χ3v) is 20.9. The normalized spacial score (nSPS) is 13.5. The van der Waals surface area contributed by atoms with E-state index in [4.69, 9.17) is 0 Å². The van der Waals surface area contributed by atoms with Crippen molar-refractivity contribution in [2.24, 2.45) is 0 Å². The zero-order valence-electron chi connectivity index (χ0n) is 62.0. The fraction of sp³-hybridized carbons (Fsp3) is 0.927. The van der Waals surface area contributed by atoms with Gasteiger partial charge in [-0.1, -0.05) is 423 Å². The quantitative estimate of drug-likeness (QED) is 0.0266. The van der Waals surface area contributed by atoms with Crippen LogP contribution in [0.15, 0.2) is 24.3 Å². The van der Waals surface area contributed by atoms with E-state index in [1.807, 2.05) is 0 Å². The molecule has 0 amide bonds. The number of thioether (sulfide) groups is 2. The Morgan fingerprint density at radius 3 is 0.576 bits per heavy atom. The summed E-state index contributed by atoms with van der Waals surface area (Å²) in [7, 11) is 0. The summed E-state index contributed by atoms with van der Waals surface area (Å²) in [6.45, 7) is 12.4. The molecular formula is C82H160N2O6S2.